The number of carbonyl (C=O) groups is 2. The summed E-state index contributed by atoms with van der Waals surface area (Å²) in [6.45, 7) is 1.39. The molecule has 3 rings (SSSR count). The van der Waals surface area contributed by atoms with E-state index < -0.39 is 0 Å². The SMILES string of the molecule is O=C(NCCNc1ccnc(C(=O)NCc2ccccc2)c1)c1cccnc1. The maximum Gasteiger partial charge on any atom is 0.270 e. The Labute approximate surface area is 163 Å². The molecule has 2 aromatic heterocycles. The molecule has 0 saturated carbocycles. The van der Waals surface area contributed by atoms with E-state index in [2.05, 4.69) is 25.9 Å². The summed E-state index contributed by atoms with van der Waals surface area (Å²) in [5, 5.41) is 8.83. The number of aromatic nitrogens is 2. The van der Waals surface area contributed by atoms with E-state index in [9.17, 15) is 9.59 Å². The average molecular weight is 375 g/mol. The minimum atomic E-state index is -0.239. The number of carbonyl (C=O) groups excluding carboxylic acids is 2. The lowest BCUT2D eigenvalue weighted by Gasteiger charge is -2.09. The number of benzene rings is 1. The fourth-order valence-corrected chi connectivity index (χ4v) is 2.52. The molecule has 3 aromatic rings. The van der Waals surface area contributed by atoms with E-state index in [1.165, 1.54) is 6.20 Å². The maximum absolute atomic E-state index is 12.3. The van der Waals surface area contributed by atoms with Gasteiger partial charge < -0.3 is 16.0 Å². The molecule has 7 heteroatoms. The zero-order valence-corrected chi connectivity index (χ0v) is 15.3. The number of nitrogens with one attached hydrogen (secondary N) is 3. The van der Waals surface area contributed by atoms with Gasteiger partial charge in [0.05, 0.1) is 5.56 Å². The Morgan fingerprint density at radius 3 is 2.50 bits per heavy atom. The third kappa shape index (κ3) is 5.63. The highest BCUT2D eigenvalue weighted by Gasteiger charge is 2.08. The summed E-state index contributed by atoms with van der Waals surface area (Å²) in [5.74, 6) is -0.414. The van der Waals surface area contributed by atoms with Crippen LogP contribution >= 0.6 is 0 Å². The van der Waals surface area contributed by atoms with Crippen LogP contribution in [0.2, 0.25) is 0 Å². The molecule has 142 valence electrons. The number of nitrogens with zero attached hydrogens (tertiary/aromatic N) is 2. The van der Waals surface area contributed by atoms with E-state index in [4.69, 9.17) is 0 Å². The fraction of sp³-hybridized carbons (Fsp3) is 0.143. The fourth-order valence-electron chi connectivity index (χ4n) is 2.52. The molecule has 2 heterocycles. The van der Waals surface area contributed by atoms with Crippen molar-refractivity contribution in [2.75, 3.05) is 18.4 Å². The number of hydrogen-bond acceptors (Lipinski definition) is 5. The predicted octanol–water partition coefficient (Wildman–Crippen LogP) is 2.25. The molecule has 0 fully saturated rings. The van der Waals surface area contributed by atoms with E-state index in [-0.39, 0.29) is 11.8 Å². The third-order valence-electron chi connectivity index (χ3n) is 3.95. The molecule has 0 atom stereocenters. The topological polar surface area (TPSA) is 96.0 Å². The normalized spacial score (nSPS) is 10.1. The number of amides is 2. The minimum Gasteiger partial charge on any atom is -0.383 e. The summed E-state index contributed by atoms with van der Waals surface area (Å²) in [6, 6.07) is 16.6. The number of hydrogen-bond donors (Lipinski definition) is 3. The van der Waals surface area contributed by atoms with Gasteiger partial charge in [-0.3, -0.25) is 19.6 Å². The van der Waals surface area contributed by atoms with E-state index >= 15 is 0 Å². The highest BCUT2D eigenvalue weighted by atomic mass is 16.2. The van der Waals surface area contributed by atoms with Gasteiger partial charge >= 0.3 is 0 Å². The minimum absolute atomic E-state index is 0.175. The smallest absolute Gasteiger partial charge is 0.270 e. The molecule has 0 aliphatic heterocycles. The average Bonchev–Trinajstić information content (AvgIpc) is 2.76. The molecule has 7 nitrogen and oxygen atoms in total. The van der Waals surface area contributed by atoms with Gasteiger partial charge in [0, 0.05) is 43.9 Å². The Bertz CT molecular complexity index is 916. The molecule has 3 N–H and O–H groups in total. The molecule has 1 aromatic carbocycles. The lowest BCUT2D eigenvalue weighted by Crippen LogP contribution is -2.29. The van der Waals surface area contributed by atoms with Crippen LogP contribution in [0.4, 0.5) is 5.69 Å². The van der Waals surface area contributed by atoms with Crippen molar-refractivity contribution in [3.63, 3.8) is 0 Å². The van der Waals surface area contributed by atoms with Crippen LogP contribution < -0.4 is 16.0 Å². The van der Waals surface area contributed by atoms with Crippen molar-refractivity contribution in [3.8, 4) is 0 Å². The lowest BCUT2D eigenvalue weighted by atomic mass is 10.2. The van der Waals surface area contributed by atoms with Gasteiger partial charge in [-0.25, -0.2) is 0 Å². The van der Waals surface area contributed by atoms with Gasteiger partial charge in [0.1, 0.15) is 5.69 Å². The molecule has 2 amide bonds. The highest BCUT2D eigenvalue weighted by molar-refractivity contribution is 5.94. The van der Waals surface area contributed by atoms with Gasteiger partial charge in [0.2, 0.25) is 0 Å². The summed E-state index contributed by atoms with van der Waals surface area (Å²) in [6.07, 6.45) is 4.72. The molecule has 0 aliphatic rings. The van der Waals surface area contributed by atoms with Crippen LogP contribution in [0, 0.1) is 0 Å². The van der Waals surface area contributed by atoms with Crippen LogP contribution in [-0.4, -0.2) is 34.9 Å². The summed E-state index contributed by atoms with van der Waals surface area (Å²) < 4.78 is 0. The zero-order valence-electron chi connectivity index (χ0n) is 15.3. The van der Waals surface area contributed by atoms with Gasteiger partial charge in [-0.15, -0.1) is 0 Å². The summed E-state index contributed by atoms with van der Waals surface area (Å²) in [5.41, 5.74) is 2.63. The number of anilines is 1. The van der Waals surface area contributed by atoms with Crippen LogP contribution in [0.15, 0.2) is 73.2 Å². The summed E-state index contributed by atoms with van der Waals surface area (Å²) >= 11 is 0. The first-order valence-electron chi connectivity index (χ1n) is 8.92. The molecule has 0 unspecified atom stereocenters. The number of rotatable bonds is 8. The molecular weight excluding hydrogens is 354 g/mol. The van der Waals surface area contributed by atoms with Gasteiger partial charge in [-0.05, 0) is 29.8 Å². The van der Waals surface area contributed by atoms with Gasteiger partial charge in [-0.2, -0.15) is 0 Å². The third-order valence-corrected chi connectivity index (χ3v) is 3.95. The van der Waals surface area contributed by atoms with Crippen molar-refractivity contribution in [1.29, 1.82) is 0 Å². The first-order valence-corrected chi connectivity index (χ1v) is 8.92. The van der Waals surface area contributed by atoms with Crippen molar-refractivity contribution >= 4 is 17.5 Å². The quantitative estimate of drug-likeness (QED) is 0.525. The van der Waals surface area contributed by atoms with Gasteiger partial charge in [0.15, 0.2) is 0 Å². The molecule has 0 aliphatic carbocycles. The second-order valence-corrected chi connectivity index (χ2v) is 6.02. The van der Waals surface area contributed by atoms with Gasteiger partial charge in [-0.1, -0.05) is 30.3 Å². The predicted molar refractivity (Wildman–Crippen MR) is 107 cm³/mol. The van der Waals surface area contributed by atoms with Gasteiger partial charge in [0.25, 0.3) is 11.8 Å². The Balaban J connectivity index is 1.45. The molecule has 0 spiro atoms. The second kappa shape index (κ2) is 9.82. The van der Waals surface area contributed by atoms with Crippen molar-refractivity contribution in [1.82, 2.24) is 20.6 Å². The van der Waals surface area contributed by atoms with Crippen molar-refractivity contribution < 1.29 is 9.59 Å². The van der Waals surface area contributed by atoms with E-state index in [0.29, 0.717) is 30.9 Å². The van der Waals surface area contributed by atoms with Crippen molar-refractivity contribution in [3.05, 3.63) is 90.0 Å². The van der Waals surface area contributed by atoms with Crippen LogP contribution in [0.1, 0.15) is 26.4 Å². The van der Waals surface area contributed by atoms with E-state index in [1.807, 2.05) is 30.3 Å². The lowest BCUT2D eigenvalue weighted by molar-refractivity contribution is 0.0941. The molecule has 0 saturated heterocycles. The number of pyridine rings is 2. The molecule has 28 heavy (non-hydrogen) atoms. The van der Waals surface area contributed by atoms with Crippen LogP contribution in [0.25, 0.3) is 0 Å². The van der Waals surface area contributed by atoms with Crippen molar-refractivity contribution in [2.24, 2.45) is 0 Å². The van der Waals surface area contributed by atoms with E-state index in [1.54, 1.807) is 36.7 Å². The summed E-state index contributed by atoms with van der Waals surface area (Å²) in [7, 11) is 0. The van der Waals surface area contributed by atoms with Crippen LogP contribution in [-0.2, 0) is 6.54 Å². The highest BCUT2D eigenvalue weighted by Crippen LogP contribution is 2.08. The summed E-state index contributed by atoms with van der Waals surface area (Å²) in [4.78, 5) is 32.3. The standard InChI is InChI=1S/C21H21N5O2/c27-20(17-7-4-9-22-15-17)25-12-11-23-18-8-10-24-19(13-18)21(28)26-14-16-5-2-1-3-6-16/h1-10,13,15H,11-12,14H2,(H,23,24)(H,25,27)(H,26,28). The molecule has 0 radical (unpaired) electrons. The largest absolute Gasteiger partial charge is 0.383 e. The van der Waals surface area contributed by atoms with E-state index in [0.717, 1.165) is 11.3 Å². The zero-order chi connectivity index (χ0) is 19.6. The Morgan fingerprint density at radius 1 is 0.857 bits per heavy atom. The Kier molecular flexibility index (Phi) is 6.67. The second-order valence-electron chi connectivity index (χ2n) is 6.02. The van der Waals surface area contributed by atoms with Crippen LogP contribution in [0.5, 0.6) is 0 Å². The Hall–Kier alpha value is -3.74. The van der Waals surface area contributed by atoms with Crippen molar-refractivity contribution in [2.45, 2.75) is 6.54 Å². The monoisotopic (exact) mass is 375 g/mol. The first-order chi connectivity index (χ1) is 13.7. The first kappa shape index (κ1) is 19.0. The molecular formula is C21H21N5O2. The van der Waals surface area contributed by atoms with Crippen LogP contribution in [0.3, 0.4) is 0 Å². The molecule has 0 bridgehead atoms. The maximum atomic E-state index is 12.3. The Morgan fingerprint density at radius 2 is 1.71 bits per heavy atom.